The van der Waals surface area contributed by atoms with E-state index in [0.717, 1.165) is 27.6 Å². The number of imidazole rings is 1. The molecule has 2 aromatic rings. The number of hydrogen-bond donors (Lipinski definition) is 1. The number of rotatable bonds is 4. The maximum atomic E-state index is 5.25. The SMILES string of the molecule is COc1ccc(Br)c(Nc2nc(C)cn2C2CC2)c1. The summed E-state index contributed by atoms with van der Waals surface area (Å²) in [7, 11) is 1.67. The molecule has 1 N–H and O–H groups in total. The summed E-state index contributed by atoms with van der Waals surface area (Å²) in [5, 5.41) is 3.38. The van der Waals surface area contributed by atoms with Gasteiger partial charge < -0.3 is 14.6 Å². The van der Waals surface area contributed by atoms with E-state index < -0.39 is 0 Å². The average Bonchev–Trinajstić information content (AvgIpc) is 3.17. The molecule has 0 radical (unpaired) electrons. The van der Waals surface area contributed by atoms with Crippen molar-refractivity contribution in [3.63, 3.8) is 0 Å². The van der Waals surface area contributed by atoms with Crippen LogP contribution in [0.25, 0.3) is 0 Å². The van der Waals surface area contributed by atoms with Gasteiger partial charge in [-0.25, -0.2) is 4.98 Å². The fourth-order valence-corrected chi connectivity index (χ4v) is 2.43. The molecule has 0 aliphatic heterocycles. The van der Waals surface area contributed by atoms with Crippen LogP contribution < -0.4 is 10.1 Å². The number of hydrogen-bond acceptors (Lipinski definition) is 3. The standard InChI is InChI=1S/C14H16BrN3O/c1-9-8-18(10-3-4-10)14(16-9)17-13-7-11(19-2)5-6-12(13)15/h5-8,10H,3-4H2,1-2H3,(H,16,17). The predicted molar refractivity (Wildman–Crippen MR) is 79.2 cm³/mol. The molecule has 0 spiro atoms. The molecule has 1 aliphatic rings. The van der Waals surface area contributed by atoms with Gasteiger partial charge in [0, 0.05) is 22.8 Å². The zero-order chi connectivity index (χ0) is 13.4. The van der Waals surface area contributed by atoms with Gasteiger partial charge in [0.15, 0.2) is 0 Å². The molecule has 1 aliphatic carbocycles. The highest BCUT2D eigenvalue weighted by atomic mass is 79.9. The van der Waals surface area contributed by atoms with Gasteiger partial charge in [-0.3, -0.25) is 0 Å². The Morgan fingerprint density at radius 2 is 2.21 bits per heavy atom. The second-order valence-corrected chi connectivity index (χ2v) is 5.67. The highest BCUT2D eigenvalue weighted by molar-refractivity contribution is 9.10. The molecule has 100 valence electrons. The Balaban J connectivity index is 1.92. The van der Waals surface area contributed by atoms with Crippen LogP contribution in [0.2, 0.25) is 0 Å². The van der Waals surface area contributed by atoms with Gasteiger partial charge in [-0.05, 0) is 47.8 Å². The quantitative estimate of drug-likeness (QED) is 0.923. The lowest BCUT2D eigenvalue weighted by atomic mass is 10.3. The third-order valence-electron chi connectivity index (χ3n) is 3.21. The molecule has 1 heterocycles. The number of anilines is 2. The number of ether oxygens (including phenoxy) is 1. The highest BCUT2D eigenvalue weighted by Crippen LogP contribution is 2.38. The molecule has 1 saturated carbocycles. The summed E-state index contributed by atoms with van der Waals surface area (Å²) < 4.78 is 8.47. The number of aromatic nitrogens is 2. The Morgan fingerprint density at radius 3 is 2.89 bits per heavy atom. The summed E-state index contributed by atoms with van der Waals surface area (Å²) in [6.07, 6.45) is 4.58. The van der Waals surface area contributed by atoms with Gasteiger partial charge in [0.25, 0.3) is 0 Å². The topological polar surface area (TPSA) is 39.1 Å². The van der Waals surface area contributed by atoms with Crippen LogP contribution >= 0.6 is 15.9 Å². The van der Waals surface area contributed by atoms with Crippen molar-refractivity contribution < 1.29 is 4.74 Å². The van der Waals surface area contributed by atoms with E-state index in [1.54, 1.807) is 7.11 Å². The number of nitrogens with zero attached hydrogens (tertiary/aromatic N) is 2. The van der Waals surface area contributed by atoms with E-state index in [1.807, 2.05) is 25.1 Å². The van der Waals surface area contributed by atoms with Crippen molar-refractivity contribution in [3.8, 4) is 5.75 Å². The van der Waals surface area contributed by atoms with Crippen LogP contribution in [0.5, 0.6) is 5.75 Å². The molecule has 0 bridgehead atoms. The third kappa shape index (κ3) is 2.61. The van der Waals surface area contributed by atoms with Gasteiger partial charge in [-0.2, -0.15) is 0 Å². The summed E-state index contributed by atoms with van der Waals surface area (Å²) in [4.78, 5) is 4.55. The van der Waals surface area contributed by atoms with Crippen molar-refractivity contribution in [2.24, 2.45) is 0 Å². The zero-order valence-corrected chi connectivity index (χ0v) is 12.6. The minimum absolute atomic E-state index is 0.605. The summed E-state index contributed by atoms with van der Waals surface area (Å²) in [5.41, 5.74) is 2.00. The first-order valence-corrected chi connectivity index (χ1v) is 7.12. The van der Waals surface area contributed by atoms with Crippen LogP contribution in [0.4, 0.5) is 11.6 Å². The third-order valence-corrected chi connectivity index (χ3v) is 3.90. The molecule has 0 unspecified atom stereocenters. The van der Waals surface area contributed by atoms with E-state index in [2.05, 4.69) is 37.0 Å². The van der Waals surface area contributed by atoms with Gasteiger partial charge in [-0.15, -0.1) is 0 Å². The lowest BCUT2D eigenvalue weighted by Gasteiger charge is -2.11. The van der Waals surface area contributed by atoms with Gasteiger partial charge in [0.05, 0.1) is 18.5 Å². The van der Waals surface area contributed by atoms with Gasteiger partial charge >= 0.3 is 0 Å². The maximum absolute atomic E-state index is 5.25. The molecular weight excluding hydrogens is 306 g/mol. The molecule has 3 rings (SSSR count). The van der Waals surface area contributed by atoms with Crippen molar-refractivity contribution in [3.05, 3.63) is 34.6 Å². The summed E-state index contributed by atoms with van der Waals surface area (Å²) >= 11 is 3.55. The lowest BCUT2D eigenvalue weighted by molar-refractivity contribution is 0.415. The molecule has 5 heteroatoms. The predicted octanol–water partition coefficient (Wildman–Crippen LogP) is 4.04. The number of methoxy groups -OCH3 is 1. The van der Waals surface area contributed by atoms with Crippen LogP contribution in [0.1, 0.15) is 24.6 Å². The van der Waals surface area contributed by atoms with Crippen LogP contribution in [0, 0.1) is 6.92 Å². The Morgan fingerprint density at radius 1 is 1.42 bits per heavy atom. The maximum Gasteiger partial charge on any atom is 0.207 e. The molecule has 4 nitrogen and oxygen atoms in total. The number of nitrogens with one attached hydrogen (secondary N) is 1. The smallest absolute Gasteiger partial charge is 0.207 e. The normalized spacial score (nSPS) is 14.5. The molecule has 1 fully saturated rings. The van der Waals surface area contributed by atoms with Crippen molar-refractivity contribution in [2.75, 3.05) is 12.4 Å². The molecule has 0 saturated heterocycles. The molecular formula is C14H16BrN3O. The highest BCUT2D eigenvalue weighted by Gasteiger charge is 2.26. The van der Waals surface area contributed by atoms with Crippen LogP contribution in [-0.4, -0.2) is 16.7 Å². The minimum Gasteiger partial charge on any atom is -0.497 e. The zero-order valence-electron chi connectivity index (χ0n) is 11.0. The van der Waals surface area contributed by atoms with Crippen molar-refractivity contribution in [1.29, 1.82) is 0 Å². The van der Waals surface area contributed by atoms with Gasteiger partial charge in [0.1, 0.15) is 5.75 Å². The van der Waals surface area contributed by atoms with Crippen molar-refractivity contribution >= 4 is 27.6 Å². The number of aryl methyl sites for hydroxylation is 1. The van der Waals surface area contributed by atoms with E-state index in [9.17, 15) is 0 Å². The second kappa shape index (κ2) is 4.89. The fraction of sp³-hybridized carbons (Fsp3) is 0.357. The van der Waals surface area contributed by atoms with E-state index >= 15 is 0 Å². The Bertz CT molecular complexity index is 605. The van der Waals surface area contributed by atoms with Gasteiger partial charge in [0.2, 0.25) is 5.95 Å². The molecule has 19 heavy (non-hydrogen) atoms. The second-order valence-electron chi connectivity index (χ2n) is 4.82. The summed E-state index contributed by atoms with van der Waals surface area (Å²) in [5.74, 6) is 1.72. The van der Waals surface area contributed by atoms with Gasteiger partial charge in [-0.1, -0.05) is 0 Å². The Kier molecular flexibility index (Phi) is 3.22. The largest absolute Gasteiger partial charge is 0.497 e. The van der Waals surface area contributed by atoms with Crippen LogP contribution in [0.3, 0.4) is 0 Å². The first kappa shape index (κ1) is 12.5. The Labute approximate surface area is 120 Å². The molecule has 0 amide bonds. The van der Waals surface area contributed by atoms with E-state index in [-0.39, 0.29) is 0 Å². The first-order valence-electron chi connectivity index (χ1n) is 6.33. The van der Waals surface area contributed by atoms with Crippen molar-refractivity contribution in [2.45, 2.75) is 25.8 Å². The lowest BCUT2D eigenvalue weighted by Crippen LogP contribution is -2.02. The minimum atomic E-state index is 0.605. The number of benzene rings is 1. The van der Waals surface area contributed by atoms with E-state index in [0.29, 0.717) is 6.04 Å². The summed E-state index contributed by atoms with van der Waals surface area (Å²) in [6.45, 7) is 2.02. The Hall–Kier alpha value is -1.49. The van der Waals surface area contributed by atoms with E-state index in [4.69, 9.17) is 4.74 Å². The number of halogens is 1. The molecule has 1 aromatic carbocycles. The molecule has 1 aromatic heterocycles. The first-order chi connectivity index (χ1) is 9.17. The molecule has 0 atom stereocenters. The van der Waals surface area contributed by atoms with Crippen LogP contribution in [0.15, 0.2) is 28.9 Å². The summed E-state index contributed by atoms with van der Waals surface area (Å²) in [6, 6.07) is 6.46. The fourth-order valence-electron chi connectivity index (χ4n) is 2.09. The van der Waals surface area contributed by atoms with Crippen molar-refractivity contribution in [1.82, 2.24) is 9.55 Å². The monoisotopic (exact) mass is 321 g/mol. The average molecular weight is 322 g/mol. The van der Waals surface area contributed by atoms with E-state index in [1.165, 1.54) is 12.8 Å². The van der Waals surface area contributed by atoms with Crippen LogP contribution in [-0.2, 0) is 0 Å².